The number of ether oxygens (including phenoxy) is 1. The predicted octanol–water partition coefficient (Wildman–Crippen LogP) is 4.63. The van der Waals surface area contributed by atoms with Crippen LogP contribution in [0.2, 0.25) is 0 Å². The zero-order valence-corrected chi connectivity index (χ0v) is 18.0. The number of sulfonamides is 1. The van der Waals surface area contributed by atoms with Crippen LogP contribution in [0.15, 0.2) is 65.8 Å². The first-order valence-electron chi connectivity index (χ1n) is 9.48. The molecule has 29 heavy (non-hydrogen) atoms. The van der Waals surface area contributed by atoms with Gasteiger partial charge in [-0.1, -0.05) is 35.9 Å². The fraction of sp³-hybridized carbons (Fsp3) is 0.261. The summed E-state index contributed by atoms with van der Waals surface area (Å²) in [4.78, 5) is 4.42. The molecular weight excluding hydrogens is 384 g/mol. The van der Waals surface area contributed by atoms with Crippen molar-refractivity contribution in [1.82, 2.24) is 9.71 Å². The lowest BCUT2D eigenvalue weighted by molar-refractivity contribution is 0.305. The van der Waals surface area contributed by atoms with E-state index < -0.39 is 10.0 Å². The van der Waals surface area contributed by atoms with Crippen molar-refractivity contribution in [2.45, 2.75) is 45.2 Å². The Hall–Kier alpha value is -2.70. The molecule has 0 bridgehead atoms. The van der Waals surface area contributed by atoms with Crippen molar-refractivity contribution in [3.63, 3.8) is 0 Å². The van der Waals surface area contributed by atoms with Crippen LogP contribution in [0.3, 0.4) is 0 Å². The predicted molar refractivity (Wildman–Crippen MR) is 114 cm³/mol. The van der Waals surface area contributed by atoms with E-state index >= 15 is 0 Å². The SMILES string of the molecule is Cc1cc(C)c(S(=O)(=O)NC(C)c2ccc(OCc3cccnc3)cc2)c(C)c1. The molecule has 152 valence electrons. The van der Waals surface area contributed by atoms with E-state index in [2.05, 4.69) is 9.71 Å². The molecule has 0 aliphatic carbocycles. The van der Waals surface area contributed by atoms with Crippen molar-refractivity contribution >= 4 is 10.0 Å². The Labute approximate surface area is 172 Å². The van der Waals surface area contributed by atoms with Crippen molar-refractivity contribution in [3.8, 4) is 5.75 Å². The third-order valence-electron chi connectivity index (χ3n) is 4.71. The molecule has 0 aliphatic rings. The van der Waals surface area contributed by atoms with Crippen molar-refractivity contribution in [2.24, 2.45) is 0 Å². The first kappa shape index (κ1) is 21.0. The molecule has 0 aliphatic heterocycles. The zero-order valence-electron chi connectivity index (χ0n) is 17.1. The number of nitrogens with one attached hydrogen (secondary N) is 1. The monoisotopic (exact) mass is 410 g/mol. The second-order valence-electron chi connectivity index (χ2n) is 7.29. The Morgan fingerprint density at radius 1 is 1.03 bits per heavy atom. The highest BCUT2D eigenvalue weighted by Crippen LogP contribution is 2.25. The van der Waals surface area contributed by atoms with Gasteiger partial charge in [0.2, 0.25) is 10.0 Å². The highest BCUT2D eigenvalue weighted by Gasteiger charge is 2.22. The average molecular weight is 411 g/mol. The largest absolute Gasteiger partial charge is 0.489 e. The third-order valence-corrected chi connectivity index (χ3v) is 6.56. The molecule has 1 heterocycles. The summed E-state index contributed by atoms with van der Waals surface area (Å²) in [6.07, 6.45) is 3.49. The summed E-state index contributed by atoms with van der Waals surface area (Å²) in [7, 11) is -3.63. The summed E-state index contributed by atoms with van der Waals surface area (Å²) >= 11 is 0. The van der Waals surface area contributed by atoms with Crippen molar-refractivity contribution in [2.75, 3.05) is 0 Å². The van der Waals surface area contributed by atoms with Gasteiger partial charge in [-0.15, -0.1) is 0 Å². The Kier molecular flexibility index (Phi) is 6.35. The molecule has 0 radical (unpaired) electrons. The van der Waals surface area contributed by atoms with Crippen LogP contribution in [0.25, 0.3) is 0 Å². The van der Waals surface area contributed by atoms with Crippen molar-refractivity contribution in [3.05, 3.63) is 88.7 Å². The number of benzene rings is 2. The Morgan fingerprint density at radius 2 is 1.69 bits per heavy atom. The molecule has 0 saturated heterocycles. The molecule has 0 spiro atoms. The molecule has 5 nitrogen and oxygen atoms in total. The zero-order chi connectivity index (χ0) is 21.0. The lowest BCUT2D eigenvalue weighted by Gasteiger charge is -2.18. The molecule has 1 aromatic heterocycles. The number of nitrogens with zero attached hydrogens (tertiary/aromatic N) is 1. The Morgan fingerprint density at radius 3 is 2.28 bits per heavy atom. The number of aryl methyl sites for hydroxylation is 3. The summed E-state index contributed by atoms with van der Waals surface area (Å²) in [6, 6.07) is 14.7. The van der Waals surface area contributed by atoms with Gasteiger partial charge in [0, 0.05) is 24.0 Å². The van der Waals surface area contributed by atoms with Gasteiger partial charge >= 0.3 is 0 Å². The normalized spacial score (nSPS) is 12.6. The summed E-state index contributed by atoms with van der Waals surface area (Å²) in [5, 5.41) is 0. The van der Waals surface area contributed by atoms with Crippen LogP contribution >= 0.6 is 0 Å². The number of aromatic nitrogens is 1. The fourth-order valence-corrected chi connectivity index (χ4v) is 5.14. The summed E-state index contributed by atoms with van der Waals surface area (Å²) in [6.45, 7) is 7.88. The van der Waals surface area contributed by atoms with Gasteiger partial charge in [-0.3, -0.25) is 4.98 Å². The van der Waals surface area contributed by atoms with E-state index in [4.69, 9.17) is 4.74 Å². The van der Waals surface area contributed by atoms with Crippen LogP contribution in [0.1, 0.15) is 40.8 Å². The van der Waals surface area contributed by atoms with E-state index in [0.29, 0.717) is 11.5 Å². The van der Waals surface area contributed by atoms with E-state index in [0.717, 1.165) is 33.6 Å². The van der Waals surface area contributed by atoms with Crippen LogP contribution in [0.4, 0.5) is 0 Å². The van der Waals surface area contributed by atoms with Crippen LogP contribution in [-0.4, -0.2) is 13.4 Å². The topological polar surface area (TPSA) is 68.3 Å². The first-order chi connectivity index (χ1) is 13.8. The highest BCUT2D eigenvalue weighted by molar-refractivity contribution is 7.89. The second-order valence-corrected chi connectivity index (χ2v) is 8.94. The van der Waals surface area contributed by atoms with E-state index in [1.807, 2.05) is 76.2 Å². The maximum absolute atomic E-state index is 13.0. The minimum absolute atomic E-state index is 0.353. The summed E-state index contributed by atoms with van der Waals surface area (Å²) in [5.74, 6) is 0.720. The van der Waals surface area contributed by atoms with E-state index in [1.54, 1.807) is 12.4 Å². The number of hydrogen-bond acceptors (Lipinski definition) is 4. The number of hydrogen-bond donors (Lipinski definition) is 1. The van der Waals surface area contributed by atoms with Gasteiger partial charge in [0.15, 0.2) is 0 Å². The minimum Gasteiger partial charge on any atom is -0.489 e. The molecule has 6 heteroatoms. The molecule has 0 amide bonds. The smallest absolute Gasteiger partial charge is 0.241 e. The van der Waals surface area contributed by atoms with Gasteiger partial charge in [-0.2, -0.15) is 0 Å². The molecule has 2 aromatic carbocycles. The molecule has 0 saturated carbocycles. The van der Waals surface area contributed by atoms with Crippen molar-refractivity contribution in [1.29, 1.82) is 0 Å². The minimum atomic E-state index is -3.63. The van der Waals surface area contributed by atoms with Crippen LogP contribution in [0.5, 0.6) is 5.75 Å². The van der Waals surface area contributed by atoms with Gasteiger partial charge in [0.05, 0.1) is 4.90 Å². The Balaban J connectivity index is 1.70. The summed E-state index contributed by atoms with van der Waals surface area (Å²) in [5.41, 5.74) is 4.41. The molecular formula is C23H26N2O3S. The molecule has 1 N–H and O–H groups in total. The van der Waals surface area contributed by atoms with Crippen molar-refractivity contribution < 1.29 is 13.2 Å². The lowest BCUT2D eigenvalue weighted by Crippen LogP contribution is -2.28. The molecule has 3 aromatic rings. The Bertz CT molecular complexity index is 1060. The summed E-state index contributed by atoms with van der Waals surface area (Å²) < 4.78 is 34.5. The maximum Gasteiger partial charge on any atom is 0.241 e. The maximum atomic E-state index is 13.0. The van der Waals surface area contributed by atoms with Gasteiger partial charge in [0.1, 0.15) is 12.4 Å². The number of pyridine rings is 1. The highest BCUT2D eigenvalue weighted by atomic mass is 32.2. The lowest BCUT2D eigenvalue weighted by atomic mass is 10.1. The van der Waals surface area contributed by atoms with Gasteiger partial charge in [-0.25, -0.2) is 13.1 Å². The number of rotatable bonds is 7. The van der Waals surface area contributed by atoms with E-state index in [1.165, 1.54) is 0 Å². The fourth-order valence-electron chi connectivity index (χ4n) is 3.45. The van der Waals surface area contributed by atoms with E-state index in [-0.39, 0.29) is 6.04 Å². The standard InChI is InChI=1S/C23H26N2O3S/c1-16-12-17(2)23(18(3)13-16)29(26,27)25-19(4)21-7-9-22(10-8-21)28-15-20-6-5-11-24-14-20/h5-14,19,25H,15H2,1-4H3. The van der Waals surface area contributed by atoms with Gasteiger partial charge < -0.3 is 4.74 Å². The van der Waals surface area contributed by atoms with Gasteiger partial charge in [0.25, 0.3) is 0 Å². The second kappa shape index (κ2) is 8.76. The van der Waals surface area contributed by atoms with Crippen LogP contribution in [-0.2, 0) is 16.6 Å². The van der Waals surface area contributed by atoms with Gasteiger partial charge in [-0.05, 0) is 62.6 Å². The first-order valence-corrected chi connectivity index (χ1v) is 11.0. The molecule has 3 rings (SSSR count). The molecule has 0 fully saturated rings. The molecule has 1 atom stereocenters. The molecule has 1 unspecified atom stereocenters. The van der Waals surface area contributed by atoms with E-state index in [9.17, 15) is 8.42 Å². The third kappa shape index (κ3) is 5.22. The average Bonchev–Trinajstić information content (AvgIpc) is 2.66. The quantitative estimate of drug-likeness (QED) is 0.617. The van der Waals surface area contributed by atoms with Crippen LogP contribution < -0.4 is 9.46 Å². The van der Waals surface area contributed by atoms with Crippen LogP contribution in [0, 0.1) is 20.8 Å².